The Morgan fingerprint density at radius 3 is 2.54 bits per heavy atom. The van der Waals surface area contributed by atoms with E-state index in [0.29, 0.717) is 43.2 Å². The van der Waals surface area contributed by atoms with Gasteiger partial charge < -0.3 is 20.9 Å². The SMILES string of the molecule is C[C@@]1(C(=O)O)c2cc(C3(N)CCCC3)c(F)cc2C[C@@H]1CCCB(O)O. The molecule has 0 heterocycles. The molecule has 0 aromatic heterocycles. The number of hydrogen-bond acceptors (Lipinski definition) is 4. The summed E-state index contributed by atoms with van der Waals surface area (Å²) in [6.07, 6.45) is 5.07. The zero-order chi connectivity index (χ0) is 19.1. The van der Waals surface area contributed by atoms with Crippen LogP contribution in [0.4, 0.5) is 4.39 Å². The third kappa shape index (κ3) is 3.17. The van der Waals surface area contributed by atoms with Crippen LogP contribution in [-0.4, -0.2) is 28.2 Å². The van der Waals surface area contributed by atoms with Gasteiger partial charge in [-0.05, 0) is 68.1 Å². The standard InChI is InChI=1S/C19H27BFNO4/c1-18(17(23)24)13(5-4-8-20(25)26)9-12-10-16(21)15(11-14(12)18)19(22)6-2-3-7-19/h10-11,13,25-26H,2-9,22H2,1H3,(H,23,24)/t13-,18-/m0/s1. The van der Waals surface area contributed by atoms with Gasteiger partial charge in [0, 0.05) is 11.1 Å². The molecule has 3 rings (SSSR count). The van der Waals surface area contributed by atoms with Crippen LogP contribution in [0, 0.1) is 11.7 Å². The highest BCUT2D eigenvalue weighted by atomic mass is 19.1. The molecule has 0 spiro atoms. The number of hydrogen-bond donors (Lipinski definition) is 4. The minimum Gasteiger partial charge on any atom is -0.481 e. The van der Waals surface area contributed by atoms with Crippen LogP contribution in [0.3, 0.4) is 0 Å². The zero-order valence-electron chi connectivity index (χ0n) is 15.2. The molecule has 5 nitrogen and oxygen atoms in total. The number of fused-ring (bicyclic) bond motifs is 1. The molecule has 0 saturated heterocycles. The Balaban J connectivity index is 1.97. The number of benzene rings is 1. The van der Waals surface area contributed by atoms with E-state index >= 15 is 0 Å². The van der Waals surface area contributed by atoms with E-state index in [1.54, 1.807) is 13.0 Å². The monoisotopic (exact) mass is 363 g/mol. The van der Waals surface area contributed by atoms with E-state index in [-0.39, 0.29) is 18.1 Å². The summed E-state index contributed by atoms with van der Waals surface area (Å²) in [4.78, 5) is 12.2. The fourth-order valence-corrected chi connectivity index (χ4v) is 4.84. The molecule has 0 amide bonds. The minimum atomic E-state index is -1.39. The number of carboxylic acids is 1. The van der Waals surface area contributed by atoms with Gasteiger partial charge in [-0.15, -0.1) is 0 Å². The first-order valence-corrected chi connectivity index (χ1v) is 9.40. The summed E-state index contributed by atoms with van der Waals surface area (Å²) in [6, 6.07) is 3.17. The van der Waals surface area contributed by atoms with Gasteiger partial charge in [0.1, 0.15) is 5.82 Å². The van der Waals surface area contributed by atoms with Gasteiger partial charge in [-0.25, -0.2) is 4.39 Å². The zero-order valence-corrected chi connectivity index (χ0v) is 15.2. The predicted octanol–water partition coefficient (Wildman–Crippen LogP) is 2.32. The predicted molar refractivity (Wildman–Crippen MR) is 97.1 cm³/mol. The Hall–Kier alpha value is -1.44. The number of halogens is 1. The van der Waals surface area contributed by atoms with Crippen LogP contribution in [0.5, 0.6) is 0 Å². The van der Waals surface area contributed by atoms with Crippen molar-refractivity contribution in [1.82, 2.24) is 0 Å². The van der Waals surface area contributed by atoms with Crippen LogP contribution in [0.2, 0.25) is 6.32 Å². The summed E-state index contributed by atoms with van der Waals surface area (Å²) < 4.78 is 14.8. The van der Waals surface area contributed by atoms with E-state index in [0.717, 1.165) is 18.4 Å². The Morgan fingerprint density at radius 2 is 1.96 bits per heavy atom. The van der Waals surface area contributed by atoms with Crippen molar-refractivity contribution in [2.45, 2.75) is 69.1 Å². The molecular weight excluding hydrogens is 336 g/mol. The Morgan fingerprint density at radius 1 is 1.31 bits per heavy atom. The van der Waals surface area contributed by atoms with Gasteiger partial charge in [-0.1, -0.05) is 19.3 Å². The second kappa shape index (κ2) is 6.95. The van der Waals surface area contributed by atoms with Gasteiger partial charge in [0.2, 0.25) is 0 Å². The van der Waals surface area contributed by atoms with Crippen molar-refractivity contribution in [2.75, 3.05) is 0 Å². The summed E-state index contributed by atoms with van der Waals surface area (Å²) in [5.74, 6) is -1.48. The lowest BCUT2D eigenvalue weighted by Gasteiger charge is -2.30. The maximum absolute atomic E-state index is 14.8. The molecule has 1 saturated carbocycles. The average molecular weight is 363 g/mol. The van der Waals surface area contributed by atoms with Crippen molar-refractivity contribution >= 4 is 13.1 Å². The molecule has 7 heteroatoms. The lowest BCUT2D eigenvalue weighted by atomic mass is 9.72. The first-order chi connectivity index (χ1) is 12.2. The average Bonchev–Trinajstić information content (AvgIpc) is 3.10. The highest BCUT2D eigenvalue weighted by Crippen LogP contribution is 2.48. The quantitative estimate of drug-likeness (QED) is 0.581. The van der Waals surface area contributed by atoms with Crippen LogP contribution < -0.4 is 5.73 Å². The second-order valence-corrected chi connectivity index (χ2v) is 8.17. The highest BCUT2D eigenvalue weighted by molar-refractivity contribution is 6.40. The van der Waals surface area contributed by atoms with Crippen LogP contribution in [0.25, 0.3) is 0 Å². The lowest BCUT2D eigenvalue weighted by molar-refractivity contribution is -0.145. The van der Waals surface area contributed by atoms with E-state index in [1.165, 1.54) is 6.07 Å². The third-order valence-corrected chi connectivity index (χ3v) is 6.53. The van der Waals surface area contributed by atoms with Crippen molar-refractivity contribution in [3.63, 3.8) is 0 Å². The van der Waals surface area contributed by atoms with Crippen molar-refractivity contribution in [3.05, 3.63) is 34.6 Å². The van der Waals surface area contributed by atoms with Gasteiger partial charge in [0.25, 0.3) is 0 Å². The molecule has 0 radical (unpaired) electrons. The van der Waals surface area contributed by atoms with Crippen molar-refractivity contribution in [3.8, 4) is 0 Å². The maximum Gasteiger partial charge on any atom is 0.451 e. The van der Waals surface area contributed by atoms with E-state index in [1.807, 2.05) is 0 Å². The van der Waals surface area contributed by atoms with E-state index in [4.69, 9.17) is 15.8 Å². The summed E-state index contributed by atoms with van der Waals surface area (Å²) in [5.41, 5.74) is 6.44. The van der Waals surface area contributed by atoms with Gasteiger partial charge >= 0.3 is 13.1 Å². The van der Waals surface area contributed by atoms with Crippen molar-refractivity contribution in [1.29, 1.82) is 0 Å². The third-order valence-electron chi connectivity index (χ3n) is 6.53. The first kappa shape index (κ1) is 19.3. The highest BCUT2D eigenvalue weighted by Gasteiger charge is 2.50. The molecular formula is C19H27BFNO4. The smallest absolute Gasteiger partial charge is 0.451 e. The van der Waals surface area contributed by atoms with E-state index in [9.17, 15) is 14.3 Å². The van der Waals surface area contributed by atoms with Gasteiger partial charge in [0.05, 0.1) is 5.41 Å². The molecule has 5 N–H and O–H groups in total. The van der Waals surface area contributed by atoms with Crippen LogP contribution >= 0.6 is 0 Å². The normalized spacial score (nSPS) is 26.7. The van der Waals surface area contributed by atoms with Gasteiger partial charge in [-0.3, -0.25) is 4.79 Å². The molecule has 0 bridgehead atoms. The molecule has 1 fully saturated rings. The van der Waals surface area contributed by atoms with E-state index in [2.05, 4.69) is 0 Å². The fourth-order valence-electron chi connectivity index (χ4n) is 4.84. The minimum absolute atomic E-state index is 0.202. The summed E-state index contributed by atoms with van der Waals surface area (Å²) in [6.45, 7) is 1.70. The van der Waals surface area contributed by atoms with E-state index < -0.39 is 24.0 Å². The number of carboxylic acid groups (broad SMARTS) is 1. The topological polar surface area (TPSA) is 104 Å². The molecule has 2 aliphatic carbocycles. The lowest BCUT2D eigenvalue weighted by Crippen LogP contribution is -2.38. The van der Waals surface area contributed by atoms with Crippen LogP contribution in [-0.2, 0) is 22.2 Å². The Bertz CT molecular complexity index is 705. The van der Waals surface area contributed by atoms with Crippen molar-refractivity contribution in [2.24, 2.45) is 11.7 Å². The first-order valence-electron chi connectivity index (χ1n) is 9.40. The molecule has 142 valence electrons. The molecule has 1 aromatic rings. The number of carbonyl (C=O) groups is 1. The fraction of sp³-hybridized carbons (Fsp3) is 0.632. The summed E-state index contributed by atoms with van der Waals surface area (Å²) in [7, 11) is -1.39. The number of rotatable bonds is 6. The Labute approximate surface area is 153 Å². The molecule has 1 aromatic carbocycles. The summed E-state index contributed by atoms with van der Waals surface area (Å²) >= 11 is 0. The van der Waals surface area contributed by atoms with Crippen molar-refractivity contribution < 1.29 is 24.3 Å². The van der Waals surface area contributed by atoms with Crippen LogP contribution in [0.15, 0.2) is 12.1 Å². The Kier molecular flexibility index (Phi) is 5.16. The van der Waals surface area contributed by atoms with Gasteiger partial charge in [0.15, 0.2) is 0 Å². The molecule has 26 heavy (non-hydrogen) atoms. The molecule has 0 unspecified atom stereocenters. The molecule has 2 aliphatic rings. The molecule has 0 aliphatic heterocycles. The van der Waals surface area contributed by atoms with Crippen LogP contribution in [0.1, 0.15) is 62.1 Å². The van der Waals surface area contributed by atoms with Gasteiger partial charge in [-0.2, -0.15) is 0 Å². The molecule has 2 atom stereocenters. The largest absolute Gasteiger partial charge is 0.481 e. The maximum atomic E-state index is 14.8. The second-order valence-electron chi connectivity index (χ2n) is 8.17. The number of aliphatic carboxylic acids is 1. The summed E-state index contributed by atoms with van der Waals surface area (Å²) in [5, 5.41) is 28.0. The number of nitrogens with two attached hydrogens (primary N) is 1.